The summed E-state index contributed by atoms with van der Waals surface area (Å²) in [7, 11) is 0. The molecule has 1 aromatic rings. The fraction of sp³-hybridized carbons (Fsp3) is 0.667. The van der Waals surface area contributed by atoms with Crippen LogP contribution in [0, 0.1) is 11.3 Å². The van der Waals surface area contributed by atoms with Crippen LogP contribution >= 0.6 is 0 Å². The monoisotopic (exact) mass is 273 g/mol. The highest BCUT2D eigenvalue weighted by atomic mass is 16.5. The van der Waals surface area contributed by atoms with Gasteiger partial charge in [-0.15, -0.1) is 0 Å². The van der Waals surface area contributed by atoms with Crippen molar-refractivity contribution in [2.24, 2.45) is 11.3 Å². The number of rotatable bonds is 5. The minimum Gasteiger partial charge on any atom is -0.378 e. The summed E-state index contributed by atoms with van der Waals surface area (Å²) in [6.45, 7) is 8.76. The van der Waals surface area contributed by atoms with Gasteiger partial charge in [0, 0.05) is 24.6 Å². The van der Waals surface area contributed by atoms with Crippen LogP contribution in [0.3, 0.4) is 0 Å². The molecule has 4 atom stereocenters. The van der Waals surface area contributed by atoms with Gasteiger partial charge in [0.05, 0.1) is 6.10 Å². The Balaban J connectivity index is 1.75. The molecule has 1 aliphatic heterocycles. The third kappa shape index (κ3) is 2.51. The standard InChI is InChI=1S/C18H27NO/c1-13(2)19-12-18(9-10-20-14(18)3)17-11-16(17)15-7-5-4-6-8-15/h4-8,13-14,16-17,19H,9-12H2,1-3H3. The van der Waals surface area contributed by atoms with Crippen molar-refractivity contribution in [1.82, 2.24) is 5.32 Å². The molecule has 0 aromatic heterocycles. The molecule has 1 saturated heterocycles. The van der Waals surface area contributed by atoms with E-state index in [0.717, 1.165) is 25.0 Å². The molecular formula is C18H27NO. The van der Waals surface area contributed by atoms with Crippen molar-refractivity contribution >= 4 is 0 Å². The van der Waals surface area contributed by atoms with Gasteiger partial charge in [-0.2, -0.15) is 0 Å². The van der Waals surface area contributed by atoms with Crippen LogP contribution in [-0.4, -0.2) is 25.3 Å². The second-order valence-corrected chi connectivity index (χ2v) is 6.89. The average Bonchev–Trinajstić information content (AvgIpc) is 3.17. The van der Waals surface area contributed by atoms with Gasteiger partial charge in [0.2, 0.25) is 0 Å². The maximum absolute atomic E-state index is 5.95. The Bertz CT molecular complexity index is 444. The van der Waals surface area contributed by atoms with E-state index in [1.807, 2.05) is 0 Å². The van der Waals surface area contributed by atoms with Gasteiger partial charge in [-0.3, -0.25) is 0 Å². The highest BCUT2D eigenvalue weighted by Gasteiger charge is 2.57. The molecule has 2 aliphatic rings. The molecule has 1 aromatic carbocycles. The number of ether oxygens (including phenoxy) is 1. The zero-order valence-electron chi connectivity index (χ0n) is 12.9. The number of benzene rings is 1. The molecule has 1 saturated carbocycles. The molecule has 2 heteroatoms. The first-order valence-electron chi connectivity index (χ1n) is 8.03. The first kappa shape index (κ1) is 14.1. The molecule has 1 heterocycles. The van der Waals surface area contributed by atoms with E-state index in [9.17, 15) is 0 Å². The van der Waals surface area contributed by atoms with Crippen molar-refractivity contribution < 1.29 is 4.74 Å². The van der Waals surface area contributed by atoms with Crippen molar-refractivity contribution in [2.45, 2.75) is 51.7 Å². The Kier molecular flexibility index (Phi) is 3.87. The quantitative estimate of drug-likeness (QED) is 0.885. The highest BCUT2D eigenvalue weighted by molar-refractivity contribution is 5.28. The minimum absolute atomic E-state index is 0.338. The summed E-state index contributed by atoms with van der Waals surface area (Å²) >= 11 is 0. The van der Waals surface area contributed by atoms with Crippen LogP contribution in [0.2, 0.25) is 0 Å². The molecular weight excluding hydrogens is 246 g/mol. The summed E-state index contributed by atoms with van der Waals surface area (Å²) in [5, 5.41) is 3.67. The predicted octanol–water partition coefficient (Wildman–Crippen LogP) is 3.58. The molecule has 110 valence electrons. The van der Waals surface area contributed by atoms with Crippen LogP contribution in [0.25, 0.3) is 0 Å². The summed E-state index contributed by atoms with van der Waals surface area (Å²) in [6, 6.07) is 11.6. The SMILES string of the molecule is CC(C)NCC1(C2CC2c2ccccc2)CCOC1C. The van der Waals surface area contributed by atoms with Crippen LogP contribution in [0.15, 0.2) is 30.3 Å². The van der Waals surface area contributed by atoms with Gasteiger partial charge in [-0.05, 0) is 37.2 Å². The summed E-state index contributed by atoms with van der Waals surface area (Å²) in [4.78, 5) is 0. The Morgan fingerprint density at radius 2 is 2.05 bits per heavy atom. The number of nitrogens with one attached hydrogen (secondary N) is 1. The Hall–Kier alpha value is -0.860. The summed E-state index contributed by atoms with van der Waals surface area (Å²) in [6.07, 6.45) is 2.92. The van der Waals surface area contributed by atoms with Gasteiger partial charge in [0.1, 0.15) is 0 Å². The highest BCUT2D eigenvalue weighted by Crippen LogP contribution is 2.61. The second kappa shape index (κ2) is 5.50. The molecule has 20 heavy (non-hydrogen) atoms. The first-order valence-corrected chi connectivity index (χ1v) is 8.03. The number of hydrogen-bond acceptors (Lipinski definition) is 2. The van der Waals surface area contributed by atoms with Crippen molar-refractivity contribution in [3.05, 3.63) is 35.9 Å². The summed E-state index contributed by atoms with van der Waals surface area (Å²) in [5.41, 5.74) is 1.85. The lowest BCUT2D eigenvalue weighted by atomic mass is 9.75. The van der Waals surface area contributed by atoms with Gasteiger partial charge >= 0.3 is 0 Å². The lowest BCUT2D eigenvalue weighted by Gasteiger charge is -2.34. The Labute approximate surface area is 122 Å². The van der Waals surface area contributed by atoms with Crippen molar-refractivity contribution in [3.8, 4) is 0 Å². The average molecular weight is 273 g/mol. The van der Waals surface area contributed by atoms with Crippen LogP contribution in [0.1, 0.15) is 45.1 Å². The van der Waals surface area contributed by atoms with Crippen molar-refractivity contribution in [3.63, 3.8) is 0 Å². The Morgan fingerprint density at radius 3 is 2.65 bits per heavy atom. The van der Waals surface area contributed by atoms with E-state index in [1.54, 1.807) is 0 Å². The first-order chi connectivity index (χ1) is 9.63. The molecule has 0 bridgehead atoms. The van der Waals surface area contributed by atoms with Crippen LogP contribution in [-0.2, 0) is 4.74 Å². The van der Waals surface area contributed by atoms with Gasteiger partial charge in [-0.1, -0.05) is 44.2 Å². The molecule has 1 N–H and O–H groups in total. The van der Waals surface area contributed by atoms with E-state index < -0.39 is 0 Å². The number of hydrogen-bond donors (Lipinski definition) is 1. The normalized spacial score (nSPS) is 36.5. The van der Waals surface area contributed by atoms with Gasteiger partial charge < -0.3 is 10.1 Å². The topological polar surface area (TPSA) is 21.3 Å². The minimum atomic E-state index is 0.338. The van der Waals surface area contributed by atoms with Crippen LogP contribution in [0.4, 0.5) is 0 Å². The van der Waals surface area contributed by atoms with E-state index in [2.05, 4.69) is 56.4 Å². The van der Waals surface area contributed by atoms with Crippen LogP contribution in [0.5, 0.6) is 0 Å². The largest absolute Gasteiger partial charge is 0.378 e. The lowest BCUT2D eigenvalue weighted by Crippen LogP contribution is -2.43. The van der Waals surface area contributed by atoms with E-state index >= 15 is 0 Å². The van der Waals surface area contributed by atoms with E-state index in [4.69, 9.17) is 4.74 Å². The van der Waals surface area contributed by atoms with E-state index in [-0.39, 0.29) is 0 Å². The van der Waals surface area contributed by atoms with Gasteiger partial charge in [-0.25, -0.2) is 0 Å². The van der Waals surface area contributed by atoms with Gasteiger partial charge in [0.25, 0.3) is 0 Å². The molecule has 0 spiro atoms. The summed E-state index contributed by atoms with van der Waals surface area (Å²) < 4.78 is 5.95. The fourth-order valence-corrected chi connectivity index (χ4v) is 3.94. The molecule has 2 fully saturated rings. The third-order valence-electron chi connectivity index (χ3n) is 5.34. The maximum Gasteiger partial charge on any atom is 0.0619 e. The fourth-order valence-electron chi connectivity index (χ4n) is 3.94. The smallest absolute Gasteiger partial charge is 0.0619 e. The molecule has 3 rings (SSSR count). The molecule has 0 radical (unpaired) electrons. The second-order valence-electron chi connectivity index (χ2n) is 6.89. The Morgan fingerprint density at radius 1 is 1.30 bits per heavy atom. The third-order valence-corrected chi connectivity index (χ3v) is 5.34. The lowest BCUT2D eigenvalue weighted by molar-refractivity contribution is 0.0490. The zero-order valence-corrected chi connectivity index (χ0v) is 12.9. The molecule has 1 aliphatic carbocycles. The van der Waals surface area contributed by atoms with E-state index in [0.29, 0.717) is 17.6 Å². The molecule has 4 unspecified atom stereocenters. The van der Waals surface area contributed by atoms with Gasteiger partial charge in [0.15, 0.2) is 0 Å². The maximum atomic E-state index is 5.95. The summed E-state index contributed by atoms with van der Waals surface area (Å²) in [5.74, 6) is 1.53. The van der Waals surface area contributed by atoms with Crippen molar-refractivity contribution in [1.29, 1.82) is 0 Å². The predicted molar refractivity (Wildman–Crippen MR) is 82.9 cm³/mol. The molecule has 2 nitrogen and oxygen atoms in total. The van der Waals surface area contributed by atoms with Crippen molar-refractivity contribution in [2.75, 3.05) is 13.2 Å². The molecule has 0 amide bonds. The zero-order chi connectivity index (χ0) is 14.2. The van der Waals surface area contributed by atoms with Crippen LogP contribution < -0.4 is 5.32 Å². The van der Waals surface area contributed by atoms with E-state index in [1.165, 1.54) is 18.4 Å².